The molecule has 23 heavy (non-hydrogen) atoms. The highest BCUT2D eigenvalue weighted by Crippen LogP contribution is 2.30. The summed E-state index contributed by atoms with van der Waals surface area (Å²) >= 11 is 0. The predicted molar refractivity (Wildman–Crippen MR) is 91.6 cm³/mol. The van der Waals surface area contributed by atoms with Crippen LogP contribution in [0.5, 0.6) is 0 Å². The van der Waals surface area contributed by atoms with Gasteiger partial charge in [0.05, 0.1) is 11.7 Å². The van der Waals surface area contributed by atoms with Crippen LogP contribution in [0.15, 0.2) is 61.2 Å². The van der Waals surface area contributed by atoms with E-state index >= 15 is 0 Å². The van der Waals surface area contributed by atoms with Crippen molar-refractivity contribution in [3.8, 4) is 22.3 Å². The van der Waals surface area contributed by atoms with Crippen molar-refractivity contribution in [2.24, 2.45) is 7.05 Å². The molecule has 0 atom stereocenters. The number of pyridine rings is 2. The van der Waals surface area contributed by atoms with Crippen LogP contribution in [0.1, 0.15) is 0 Å². The minimum Gasteiger partial charge on any atom is -0.383 e. The standard InChI is InChI=1S/C18H15N5/c1-23-11-14(9-22-23)12-4-6-13(7-5-12)16-10-21-18(19)15-3-2-8-20-17(15)16/h2-11H,1H3,(H2,19,21). The van der Waals surface area contributed by atoms with E-state index in [1.54, 1.807) is 17.1 Å². The Hall–Kier alpha value is -3.21. The van der Waals surface area contributed by atoms with E-state index in [4.69, 9.17) is 5.73 Å². The molecule has 0 aliphatic heterocycles. The molecule has 0 aliphatic rings. The predicted octanol–water partition coefficient (Wildman–Crippen LogP) is 3.28. The van der Waals surface area contributed by atoms with E-state index in [9.17, 15) is 0 Å². The third-order valence-corrected chi connectivity index (χ3v) is 3.91. The summed E-state index contributed by atoms with van der Waals surface area (Å²) in [5.74, 6) is 0.504. The van der Waals surface area contributed by atoms with Crippen molar-refractivity contribution in [3.05, 3.63) is 61.2 Å². The maximum atomic E-state index is 5.95. The van der Waals surface area contributed by atoms with Gasteiger partial charge in [-0.15, -0.1) is 0 Å². The van der Waals surface area contributed by atoms with Crippen molar-refractivity contribution in [2.75, 3.05) is 5.73 Å². The second-order valence-corrected chi connectivity index (χ2v) is 5.44. The zero-order valence-corrected chi connectivity index (χ0v) is 12.6. The lowest BCUT2D eigenvalue weighted by atomic mass is 10.0. The number of nitrogens with zero attached hydrogens (tertiary/aromatic N) is 4. The van der Waals surface area contributed by atoms with Crippen LogP contribution in [-0.4, -0.2) is 19.7 Å². The van der Waals surface area contributed by atoms with Gasteiger partial charge < -0.3 is 5.73 Å². The Morgan fingerprint density at radius 3 is 2.43 bits per heavy atom. The third-order valence-electron chi connectivity index (χ3n) is 3.91. The first-order valence-electron chi connectivity index (χ1n) is 7.31. The maximum absolute atomic E-state index is 5.95. The number of fused-ring (bicyclic) bond motifs is 1. The molecule has 0 fully saturated rings. The van der Waals surface area contributed by atoms with Crippen molar-refractivity contribution < 1.29 is 0 Å². The zero-order chi connectivity index (χ0) is 15.8. The van der Waals surface area contributed by atoms with E-state index in [2.05, 4.69) is 39.3 Å². The van der Waals surface area contributed by atoms with Gasteiger partial charge in [-0.2, -0.15) is 5.10 Å². The summed E-state index contributed by atoms with van der Waals surface area (Å²) in [5.41, 5.74) is 11.1. The van der Waals surface area contributed by atoms with Crippen LogP contribution in [-0.2, 0) is 7.05 Å². The van der Waals surface area contributed by atoms with E-state index in [1.165, 1.54) is 0 Å². The smallest absolute Gasteiger partial charge is 0.132 e. The van der Waals surface area contributed by atoms with Crippen molar-refractivity contribution >= 4 is 16.7 Å². The number of benzene rings is 1. The first kappa shape index (κ1) is 13.5. The minimum atomic E-state index is 0.504. The molecule has 3 heterocycles. The molecular formula is C18H15N5. The minimum absolute atomic E-state index is 0.504. The number of rotatable bonds is 2. The fourth-order valence-electron chi connectivity index (χ4n) is 2.72. The molecule has 0 spiro atoms. The van der Waals surface area contributed by atoms with Crippen molar-refractivity contribution in [1.29, 1.82) is 0 Å². The molecule has 0 bridgehead atoms. The molecule has 0 saturated carbocycles. The lowest BCUT2D eigenvalue weighted by Crippen LogP contribution is -1.94. The van der Waals surface area contributed by atoms with Crippen molar-refractivity contribution in [3.63, 3.8) is 0 Å². The van der Waals surface area contributed by atoms with Gasteiger partial charge >= 0.3 is 0 Å². The summed E-state index contributed by atoms with van der Waals surface area (Å²) in [6.45, 7) is 0. The van der Waals surface area contributed by atoms with Gasteiger partial charge in [0.25, 0.3) is 0 Å². The van der Waals surface area contributed by atoms with E-state index in [1.807, 2.05) is 31.6 Å². The van der Waals surface area contributed by atoms with Gasteiger partial charge in [0.15, 0.2) is 0 Å². The molecule has 112 valence electrons. The van der Waals surface area contributed by atoms with Gasteiger partial charge in [0.1, 0.15) is 5.82 Å². The quantitative estimate of drug-likeness (QED) is 0.617. The number of hydrogen-bond donors (Lipinski definition) is 1. The molecular weight excluding hydrogens is 286 g/mol. The van der Waals surface area contributed by atoms with Crippen LogP contribution in [0.4, 0.5) is 5.82 Å². The van der Waals surface area contributed by atoms with Crippen LogP contribution in [0.2, 0.25) is 0 Å². The Morgan fingerprint density at radius 1 is 0.913 bits per heavy atom. The summed E-state index contributed by atoms with van der Waals surface area (Å²) in [6.07, 6.45) is 7.41. The first-order chi connectivity index (χ1) is 11.2. The molecule has 0 aliphatic carbocycles. The lowest BCUT2D eigenvalue weighted by Gasteiger charge is -2.08. The topological polar surface area (TPSA) is 69.6 Å². The summed E-state index contributed by atoms with van der Waals surface area (Å²) in [6, 6.07) is 12.1. The maximum Gasteiger partial charge on any atom is 0.132 e. The van der Waals surface area contributed by atoms with Crippen LogP contribution in [0, 0.1) is 0 Å². The van der Waals surface area contributed by atoms with Crippen molar-refractivity contribution in [1.82, 2.24) is 19.7 Å². The normalized spacial score (nSPS) is 11.0. The van der Waals surface area contributed by atoms with E-state index in [0.29, 0.717) is 5.82 Å². The Morgan fingerprint density at radius 2 is 1.70 bits per heavy atom. The van der Waals surface area contributed by atoms with E-state index < -0.39 is 0 Å². The highest BCUT2D eigenvalue weighted by atomic mass is 15.2. The van der Waals surface area contributed by atoms with Gasteiger partial charge in [-0.1, -0.05) is 24.3 Å². The molecule has 5 heteroatoms. The van der Waals surface area contributed by atoms with Crippen LogP contribution < -0.4 is 5.73 Å². The third kappa shape index (κ3) is 2.32. The molecule has 0 unspecified atom stereocenters. The lowest BCUT2D eigenvalue weighted by molar-refractivity contribution is 0.768. The second kappa shape index (κ2) is 5.21. The van der Waals surface area contributed by atoms with E-state index in [-0.39, 0.29) is 0 Å². The molecule has 0 amide bonds. The van der Waals surface area contributed by atoms with Crippen molar-refractivity contribution in [2.45, 2.75) is 0 Å². The van der Waals surface area contributed by atoms with Gasteiger partial charge in [0.2, 0.25) is 0 Å². The fraction of sp³-hybridized carbons (Fsp3) is 0.0556. The Labute approximate surface area is 133 Å². The molecule has 4 rings (SSSR count). The number of aryl methyl sites for hydroxylation is 1. The summed E-state index contributed by atoms with van der Waals surface area (Å²) in [7, 11) is 1.91. The molecule has 2 N–H and O–H groups in total. The Bertz CT molecular complexity index is 986. The highest BCUT2D eigenvalue weighted by molar-refractivity contribution is 5.98. The average Bonchev–Trinajstić information content (AvgIpc) is 3.02. The monoisotopic (exact) mass is 301 g/mol. The number of aromatic nitrogens is 4. The SMILES string of the molecule is Cn1cc(-c2ccc(-c3cnc(N)c4cccnc34)cc2)cn1. The summed E-state index contributed by atoms with van der Waals surface area (Å²) < 4.78 is 1.80. The summed E-state index contributed by atoms with van der Waals surface area (Å²) in [5, 5.41) is 5.08. The number of nitrogen functional groups attached to an aromatic ring is 1. The average molecular weight is 301 g/mol. The van der Waals surface area contributed by atoms with E-state index in [0.717, 1.165) is 33.2 Å². The van der Waals surface area contributed by atoms with Gasteiger partial charge in [-0.3, -0.25) is 9.67 Å². The van der Waals surface area contributed by atoms with Crippen LogP contribution in [0.3, 0.4) is 0 Å². The van der Waals surface area contributed by atoms with Gasteiger partial charge in [-0.05, 0) is 23.3 Å². The largest absolute Gasteiger partial charge is 0.383 e. The number of anilines is 1. The fourth-order valence-corrected chi connectivity index (χ4v) is 2.72. The van der Waals surface area contributed by atoms with Crippen LogP contribution in [0.25, 0.3) is 33.2 Å². The van der Waals surface area contributed by atoms with Crippen LogP contribution >= 0.6 is 0 Å². The first-order valence-corrected chi connectivity index (χ1v) is 7.31. The second-order valence-electron chi connectivity index (χ2n) is 5.44. The Balaban J connectivity index is 1.81. The molecule has 3 aromatic heterocycles. The molecule has 0 radical (unpaired) electrons. The van der Waals surface area contributed by atoms with Gasteiger partial charge in [0, 0.05) is 42.2 Å². The highest BCUT2D eigenvalue weighted by Gasteiger charge is 2.09. The molecule has 0 saturated heterocycles. The molecule has 4 aromatic rings. The molecule has 1 aromatic carbocycles. The number of hydrogen-bond acceptors (Lipinski definition) is 4. The zero-order valence-electron chi connectivity index (χ0n) is 12.6. The molecule has 5 nitrogen and oxygen atoms in total. The Kier molecular flexibility index (Phi) is 3.05. The van der Waals surface area contributed by atoms with Gasteiger partial charge in [-0.25, -0.2) is 4.98 Å². The number of nitrogens with two attached hydrogens (primary N) is 1. The summed E-state index contributed by atoms with van der Waals surface area (Å²) in [4.78, 5) is 8.76.